The van der Waals surface area contributed by atoms with Crippen molar-refractivity contribution in [1.82, 2.24) is 24.4 Å². The van der Waals surface area contributed by atoms with Gasteiger partial charge in [0.05, 0.1) is 5.69 Å². The second-order valence-electron chi connectivity index (χ2n) is 7.95. The summed E-state index contributed by atoms with van der Waals surface area (Å²) in [4.78, 5) is 34.3. The van der Waals surface area contributed by atoms with Crippen LogP contribution in [-0.2, 0) is 11.3 Å². The molecular weight excluding hydrogens is 474 g/mol. The summed E-state index contributed by atoms with van der Waals surface area (Å²) < 4.78 is 6.91. The Balaban J connectivity index is 1.20. The fourth-order valence-corrected chi connectivity index (χ4v) is 4.84. The topological polar surface area (TPSA) is 80.0 Å². The van der Waals surface area contributed by atoms with E-state index in [2.05, 4.69) is 15.0 Å². The molecule has 1 fully saturated rings. The molecule has 2 aromatic heterocycles. The average molecular weight is 496 g/mol. The number of carbonyl (C=O) groups is 1. The smallest absolute Gasteiger partial charge is 0.275 e. The van der Waals surface area contributed by atoms with E-state index in [1.165, 1.54) is 21.9 Å². The number of halogens is 1. The van der Waals surface area contributed by atoms with E-state index in [0.29, 0.717) is 59.2 Å². The van der Waals surface area contributed by atoms with Crippen LogP contribution in [0.25, 0.3) is 15.5 Å². The average Bonchev–Trinajstić information content (AvgIpc) is 3.29. The Morgan fingerprint density at radius 3 is 2.50 bits per heavy atom. The Labute approximate surface area is 205 Å². The van der Waals surface area contributed by atoms with Crippen LogP contribution in [0.2, 0.25) is 5.02 Å². The lowest BCUT2D eigenvalue weighted by Crippen LogP contribution is -2.49. The van der Waals surface area contributed by atoms with Crippen LogP contribution >= 0.6 is 22.9 Å². The molecule has 0 N–H and O–H groups in total. The van der Waals surface area contributed by atoms with Crippen LogP contribution in [0.1, 0.15) is 5.69 Å². The lowest BCUT2D eigenvalue weighted by atomic mass is 10.2. The first-order valence-electron chi connectivity index (χ1n) is 10.9. The van der Waals surface area contributed by atoms with E-state index in [1.807, 2.05) is 47.4 Å². The van der Waals surface area contributed by atoms with E-state index >= 15 is 0 Å². The first-order valence-corrected chi connectivity index (χ1v) is 12.1. The number of aromatic nitrogens is 3. The summed E-state index contributed by atoms with van der Waals surface area (Å²) in [5.41, 5.74) is 1.38. The number of piperazine rings is 1. The van der Waals surface area contributed by atoms with Gasteiger partial charge in [-0.3, -0.25) is 14.5 Å². The molecule has 0 unspecified atom stereocenters. The van der Waals surface area contributed by atoms with Crippen molar-refractivity contribution in [2.45, 2.75) is 6.54 Å². The molecule has 5 rings (SSSR count). The largest absolute Gasteiger partial charge is 0.484 e. The Hall–Kier alpha value is -3.27. The molecule has 1 amide bonds. The Bertz CT molecular complexity index is 1350. The summed E-state index contributed by atoms with van der Waals surface area (Å²) in [7, 11) is 0. The van der Waals surface area contributed by atoms with E-state index in [4.69, 9.17) is 16.3 Å². The van der Waals surface area contributed by atoms with Crippen LogP contribution in [0.4, 0.5) is 0 Å². The Morgan fingerprint density at radius 1 is 1.03 bits per heavy atom. The number of benzene rings is 2. The van der Waals surface area contributed by atoms with Gasteiger partial charge in [-0.05, 0) is 24.3 Å². The zero-order valence-corrected chi connectivity index (χ0v) is 19.8. The lowest BCUT2D eigenvalue weighted by molar-refractivity contribution is -0.135. The predicted molar refractivity (Wildman–Crippen MR) is 131 cm³/mol. The standard InChI is InChI=1S/C24H22ClN5O3S/c25-18-8-6-17(7-9-18)23-27-30-21(31)14-19(26-24(30)34-23)15-28-10-12-29(13-11-28)22(32)16-33-20-4-2-1-3-5-20/h1-9,14H,10-13,15-16H2. The minimum absolute atomic E-state index is 0.0271. The molecule has 34 heavy (non-hydrogen) atoms. The molecule has 174 valence electrons. The van der Waals surface area contributed by atoms with Gasteiger partial charge >= 0.3 is 0 Å². The summed E-state index contributed by atoms with van der Waals surface area (Å²) in [5.74, 6) is 0.658. The Morgan fingerprint density at radius 2 is 1.76 bits per heavy atom. The number of carbonyl (C=O) groups excluding carboxylic acids is 1. The van der Waals surface area contributed by atoms with Crippen LogP contribution in [-0.4, -0.2) is 63.1 Å². The number of para-hydroxylation sites is 1. The molecule has 1 aliphatic rings. The van der Waals surface area contributed by atoms with Crippen LogP contribution < -0.4 is 10.3 Å². The monoisotopic (exact) mass is 495 g/mol. The molecule has 1 aliphatic heterocycles. The molecule has 0 bridgehead atoms. The molecule has 1 saturated heterocycles. The van der Waals surface area contributed by atoms with E-state index < -0.39 is 0 Å². The van der Waals surface area contributed by atoms with Gasteiger partial charge in [0.2, 0.25) is 4.96 Å². The summed E-state index contributed by atoms with van der Waals surface area (Å²) in [6, 6.07) is 18.2. The van der Waals surface area contributed by atoms with Crippen molar-refractivity contribution in [3.05, 3.63) is 81.7 Å². The predicted octanol–water partition coefficient (Wildman–Crippen LogP) is 3.19. The van der Waals surface area contributed by atoms with E-state index in [9.17, 15) is 9.59 Å². The third-order valence-electron chi connectivity index (χ3n) is 5.61. The SMILES string of the molecule is O=C(COc1ccccc1)N1CCN(Cc2cc(=O)n3nc(-c4ccc(Cl)cc4)sc3n2)CC1. The Kier molecular flexibility index (Phi) is 6.57. The highest BCUT2D eigenvalue weighted by Crippen LogP contribution is 2.25. The number of hydrogen-bond acceptors (Lipinski definition) is 7. The first-order chi connectivity index (χ1) is 16.5. The van der Waals surface area contributed by atoms with Gasteiger partial charge in [0.1, 0.15) is 10.8 Å². The molecule has 10 heteroatoms. The highest BCUT2D eigenvalue weighted by molar-refractivity contribution is 7.19. The fourth-order valence-electron chi connectivity index (χ4n) is 3.78. The number of rotatable bonds is 6. The van der Waals surface area contributed by atoms with Crippen molar-refractivity contribution >= 4 is 33.8 Å². The summed E-state index contributed by atoms with van der Waals surface area (Å²) >= 11 is 7.33. The highest BCUT2D eigenvalue weighted by Gasteiger charge is 2.22. The van der Waals surface area contributed by atoms with Crippen molar-refractivity contribution in [3.8, 4) is 16.3 Å². The number of hydrogen-bond donors (Lipinski definition) is 0. The minimum Gasteiger partial charge on any atom is -0.484 e. The fraction of sp³-hybridized carbons (Fsp3) is 0.250. The number of amides is 1. The molecule has 4 aromatic rings. The third kappa shape index (κ3) is 5.11. The number of ether oxygens (including phenoxy) is 1. The first kappa shape index (κ1) is 22.5. The summed E-state index contributed by atoms with van der Waals surface area (Å²) in [5, 5.41) is 5.77. The van der Waals surface area contributed by atoms with E-state index in [0.717, 1.165) is 5.56 Å². The van der Waals surface area contributed by atoms with Gasteiger partial charge in [-0.25, -0.2) is 4.98 Å². The zero-order valence-electron chi connectivity index (χ0n) is 18.3. The quantitative estimate of drug-likeness (QED) is 0.408. The van der Waals surface area contributed by atoms with Gasteiger partial charge < -0.3 is 9.64 Å². The minimum atomic E-state index is -0.205. The van der Waals surface area contributed by atoms with Crippen LogP contribution in [0.3, 0.4) is 0 Å². The van der Waals surface area contributed by atoms with E-state index in [1.54, 1.807) is 12.1 Å². The van der Waals surface area contributed by atoms with Crippen molar-refractivity contribution in [3.63, 3.8) is 0 Å². The van der Waals surface area contributed by atoms with Crippen molar-refractivity contribution < 1.29 is 9.53 Å². The van der Waals surface area contributed by atoms with Crippen LogP contribution in [0, 0.1) is 0 Å². The molecule has 2 aromatic carbocycles. The summed E-state index contributed by atoms with van der Waals surface area (Å²) in [6.07, 6.45) is 0. The normalized spacial score (nSPS) is 14.4. The molecular formula is C24H22ClN5O3S. The number of nitrogens with zero attached hydrogens (tertiary/aromatic N) is 5. The maximum absolute atomic E-state index is 12.6. The molecule has 0 saturated carbocycles. The second-order valence-corrected chi connectivity index (χ2v) is 9.35. The van der Waals surface area contributed by atoms with Gasteiger partial charge in [0.25, 0.3) is 11.5 Å². The number of fused-ring (bicyclic) bond motifs is 1. The highest BCUT2D eigenvalue weighted by atomic mass is 35.5. The molecule has 3 heterocycles. The second kappa shape index (κ2) is 9.92. The third-order valence-corrected chi connectivity index (χ3v) is 6.81. The van der Waals surface area contributed by atoms with Gasteiger partial charge in [0.15, 0.2) is 6.61 Å². The molecule has 0 spiro atoms. The van der Waals surface area contributed by atoms with Gasteiger partial charge in [0, 0.05) is 49.4 Å². The zero-order chi connectivity index (χ0) is 23.5. The van der Waals surface area contributed by atoms with Gasteiger partial charge in [-0.1, -0.05) is 53.3 Å². The van der Waals surface area contributed by atoms with E-state index in [-0.39, 0.29) is 18.1 Å². The van der Waals surface area contributed by atoms with Crippen LogP contribution in [0.15, 0.2) is 65.5 Å². The van der Waals surface area contributed by atoms with Gasteiger partial charge in [-0.2, -0.15) is 9.61 Å². The van der Waals surface area contributed by atoms with Crippen molar-refractivity contribution in [1.29, 1.82) is 0 Å². The molecule has 8 nitrogen and oxygen atoms in total. The van der Waals surface area contributed by atoms with Crippen molar-refractivity contribution in [2.24, 2.45) is 0 Å². The van der Waals surface area contributed by atoms with Crippen molar-refractivity contribution in [2.75, 3.05) is 32.8 Å². The maximum atomic E-state index is 12.6. The molecule has 0 aliphatic carbocycles. The van der Waals surface area contributed by atoms with Gasteiger partial charge in [-0.15, -0.1) is 0 Å². The summed E-state index contributed by atoms with van der Waals surface area (Å²) in [6.45, 7) is 3.20. The molecule has 0 radical (unpaired) electrons. The lowest BCUT2D eigenvalue weighted by Gasteiger charge is -2.34. The maximum Gasteiger partial charge on any atom is 0.275 e. The molecule has 0 atom stereocenters. The van der Waals surface area contributed by atoms with Crippen LogP contribution in [0.5, 0.6) is 5.75 Å².